The Kier molecular flexibility index (Phi) is 6.90. The first-order chi connectivity index (χ1) is 22.5. The normalized spacial score (nSPS) is 17.1. The Morgan fingerprint density at radius 1 is 0.978 bits per heavy atom. The smallest absolute Gasteiger partial charge is 0.412 e. The minimum atomic E-state index is -0.550. The third-order valence-corrected chi connectivity index (χ3v) is 9.11. The summed E-state index contributed by atoms with van der Waals surface area (Å²) in [5, 5.41) is 2.12. The fraction of sp³-hybridized carbons (Fsp3) is 0.286. The van der Waals surface area contributed by atoms with E-state index in [1.54, 1.807) is 16.9 Å². The molecule has 8 rings (SSSR count). The van der Waals surface area contributed by atoms with Crippen LogP contribution in [0.25, 0.3) is 32.9 Å². The maximum atomic E-state index is 13.8. The number of amides is 2. The summed E-state index contributed by atoms with van der Waals surface area (Å²) in [6.45, 7) is 1.96. The van der Waals surface area contributed by atoms with Gasteiger partial charge in [0.25, 0.3) is 5.91 Å². The van der Waals surface area contributed by atoms with Crippen LogP contribution in [0.2, 0.25) is 0 Å². The summed E-state index contributed by atoms with van der Waals surface area (Å²) in [4.78, 5) is 37.2. The molecule has 0 saturated carbocycles. The molecule has 11 heteroatoms. The zero-order chi connectivity index (χ0) is 31.4. The van der Waals surface area contributed by atoms with Crippen molar-refractivity contribution in [2.24, 2.45) is 7.05 Å². The first kappa shape index (κ1) is 28.2. The van der Waals surface area contributed by atoms with Crippen molar-refractivity contribution in [3.63, 3.8) is 0 Å². The molecule has 2 amide bonds. The Morgan fingerprint density at radius 3 is 2.65 bits per heavy atom. The molecule has 234 valence electrons. The van der Waals surface area contributed by atoms with E-state index in [9.17, 15) is 9.59 Å². The van der Waals surface area contributed by atoms with Gasteiger partial charge in [-0.3, -0.25) is 4.79 Å². The van der Waals surface area contributed by atoms with E-state index in [0.717, 1.165) is 39.0 Å². The fourth-order valence-electron chi connectivity index (χ4n) is 6.73. The number of benzene rings is 3. The number of ether oxygens (including phenoxy) is 4. The molecule has 46 heavy (non-hydrogen) atoms. The number of anilines is 2. The molecule has 1 fully saturated rings. The number of pyridine rings is 1. The number of fused-ring (bicyclic) bond motifs is 5. The highest BCUT2D eigenvalue weighted by Gasteiger charge is 2.46. The van der Waals surface area contributed by atoms with Gasteiger partial charge in [0, 0.05) is 42.6 Å². The lowest BCUT2D eigenvalue weighted by atomic mass is 9.97. The number of nitrogens with zero attached hydrogens (tertiary/aromatic N) is 5. The van der Waals surface area contributed by atoms with E-state index in [1.165, 1.54) is 10.9 Å². The van der Waals surface area contributed by atoms with Crippen LogP contribution in [0.3, 0.4) is 0 Å². The topological polar surface area (TPSA) is 98.6 Å². The van der Waals surface area contributed by atoms with Gasteiger partial charge in [0.15, 0.2) is 6.79 Å². The number of aromatic nitrogens is 2. The maximum Gasteiger partial charge on any atom is 0.412 e. The van der Waals surface area contributed by atoms with E-state index in [1.807, 2.05) is 31.3 Å². The minimum absolute atomic E-state index is 0.0701. The van der Waals surface area contributed by atoms with Crippen LogP contribution in [-0.2, 0) is 27.9 Å². The van der Waals surface area contributed by atoms with Gasteiger partial charge in [0.1, 0.15) is 24.1 Å². The lowest BCUT2D eigenvalue weighted by Gasteiger charge is -2.49. The maximum absolute atomic E-state index is 13.8. The van der Waals surface area contributed by atoms with Crippen LogP contribution in [-0.4, -0.2) is 79.2 Å². The van der Waals surface area contributed by atoms with Crippen molar-refractivity contribution in [1.29, 1.82) is 0 Å². The summed E-state index contributed by atoms with van der Waals surface area (Å²) in [7, 11) is 3.66. The molecule has 3 aliphatic rings. The van der Waals surface area contributed by atoms with Gasteiger partial charge in [-0.15, -0.1) is 0 Å². The van der Waals surface area contributed by atoms with Crippen molar-refractivity contribution in [2.45, 2.75) is 12.6 Å². The van der Waals surface area contributed by atoms with Gasteiger partial charge in [0.2, 0.25) is 5.88 Å². The van der Waals surface area contributed by atoms with Crippen molar-refractivity contribution < 1.29 is 28.5 Å². The van der Waals surface area contributed by atoms with Crippen LogP contribution < -0.4 is 19.3 Å². The monoisotopic (exact) mass is 619 g/mol. The summed E-state index contributed by atoms with van der Waals surface area (Å²) < 4.78 is 24.3. The van der Waals surface area contributed by atoms with Crippen molar-refractivity contribution in [1.82, 2.24) is 14.5 Å². The molecule has 5 heterocycles. The zero-order valence-electron chi connectivity index (χ0n) is 25.6. The molecule has 0 N–H and O–H groups in total. The Hall–Kier alpha value is -5.29. The Labute approximate surface area is 265 Å². The lowest BCUT2D eigenvalue weighted by molar-refractivity contribution is -0.121. The molecule has 3 aliphatic heterocycles. The molecule has 0 radical (unpaired) electrons. The number of carbonyl (C=O) groups excluding carboxylic acids is 2. The molecule has 1 saturated heterocycles. The summed E-state index contributed by atoms with van der Waals surface area (Å²) in [5.74, 6) is 1.16. The average Bonchev–Trinajstić information content (AvgIpc) is 3.47. The summed E-state index contributed by atoms with van der Waals surface area (Å²) >= 11 is 0. The highest BCUT2D eigenvalue weighted by atomic mass is 16.7. The summed E-state index contributed by atoms with van der Waals surface area (Å²) in [6.07, 6.45) is 1.56. The number of methoxy groups -OCH3 is 1. The number of carbonyl (C=O) groups is 2. The average molecular weight is 620 g/mol. The van der Waals surface area contributed by atoms with E-state index >= 15 is 0 Å². The van der Waals surface area contributed by atoms with Crippen LogP contribution in [0.1, 0.15) is 5.56 Å². The van der Waals surface area contributed by atoms with E-state index in [-0.39, 0.29) is 19.2 Å². The van der Waals surface area contributed by atoms with Gasteiger partial charge >= 0.3 is 6.09 Å². The van der Waals surface area contributed by atoms with E-state index in [2.05, 4.69) is 58.1 Å². The fourth-order valence-corrected chi connectivity index (χ4v) is 6.73. The number of rotatable bonds is 6. The van der Waals surface area contributed by atoms with E-state index < -0.39 is 12.1 Å². The molecule has 11 nitrogen and oxygen atoms in total. The predicted octanol–water partition coefficient (Wildman–Crippen LogP) is 4.94. The van der Waals surface area contributed by atoms with Crippen LogP contribution in [0.4, 0.5) is 16.2 Å². The van der Waals surface area contributed by atoms with Crippen LogP contribution in [0.15, 0.2) is 72.9 Å². The lowest BCUT2D eigenvalue weighted by Crippen LogP contribution is -2.64. The Morgan fingerprint density at radius 2 is 1.80 bits per heavy atom. The molecule has 2 aromatic heterocycles. The molecule has 3 aromatic carbocycles. The van der Waals surface area contributed by atoms with Gasteiger partial charge < -0.3 is 38.2 Å². The third-order valence-electron chi connectivity index (χ3n) is 9.11. The van der Waals surface area contributed by atoms with Crippen molar-refractivity contribution >= 4 is 45.2 Å². The van der Waals surface area contributed by atoms with Crippen molar-refractivity contribution in [3.8, 4) is 22.8 Å². The minimum Gasteiger partial charge on any atom is -0.497 e. The molecule has 0 aliphatic carbocycles. The highest BCUT2D eigenvalue weighted by Crippen LogP contribution is 2.48. The van der Waals surface area contributed by atoms with Gasteiger partial charge in [-0.25, -0.2) is 9.78 Å². The molecule has 0 bridgehead atoms. The largest absolute Gasteiger partial charge is 0.497 e. The number of piperazine rings is 1. The molecule has 5 aromatic rings. The first-order valence-electron chi connectivity index (χ1n) is 15.3. The Balaban J connectivity index is 1.03. The van der Waals surface area contributed by atoms with Gasteiger partial charge in [0.05, 0.1) is 38.0 Å². The van der Waals surface area contributed by atoms with E-state index in [0.29, 0.717) is 44.4 Å². The van der Waals surface area contributed by atoms with Gasteiger partial charge in [-0.05, 0) is 53.1 Å². The molecular formula is C35H33N5O6. The highest BCUT2D eigenvalue weighted by molar-refractivity contribution is 6.14. The Bertz CT molecular complexity index is 1990. The summed E-state index contributed by atoms with van der Waals surface area (Å²) in [6, 6.07) is 21.8. The second-order valence-electron chi connectivity index (χ2n) is 11.8. The third kappa shape index (κ3) is 4.74. The van der Waals surface area contributed by atoms with Crippen molar-refractivity contribution in [3.05, 3.63) is 78.5 Å². The van der Waals surface area contributed by atoms with Crippen molar-refractivity contribution in [2.75, 3.05) is 56.5 Å². The number of aryl methyl sites for hydroxylation is 1. The van der Waals surface area contributed by atoms with Crippen LogP contribution >= 0.6 is 0 Å². The van der Waals surface area contributed by atoms with Gasteiger partial charge in [-0.2, -0.15) is 0 Å². The number of hydrogen-bond acceptors (Lipinski definition) is 8. The quantitative estimate of drug-likeness (QED) is 0.195. The van der Waals surface area contributed by atoms with E-state index in [4.69, 9.17) is 23.9 Å². The number of hydrogen-bond donors (Lipinski definition) is 0. The first-order valence-corrected chi connectivity index (χ1v) is 15.3. The molecule has 1 atom stereocenters. The standard InChI is InChI=1S/C35H33N5O6/c1-37-12-11-25-17-23(6-10-29(25)37)24-5-9-27-28(18-24)36-33-32-31(27)39-14-13-38(19-30(39)34(41)40(32)15-16-45-33)35(42)46-21-44-20-22-3-7-26(43-2)8-4-22/h3-12,17-18,30H,13-16,19-21H2,1-2H3. The van der Waals surface area contributed by atoms with Crippen LogP contribution in [0, 0.1) is 0 Å². The summed E-state index contributed by atoms with van der Waals surface area (Å²) in [5.41, 5.74) is 6.69. The second kappa shape index (κ2) is 11.3. The van der Waals surface area contributed by atoms with Crippen LogP contribution in [0.5, 0.6) is 11.6 Å². The zero-order valence-corrected chi connectivity index (χ0v) is 25.6. The van der Waals surface area contributed by atoms with Gasteiger partial charge in [-0.1, -0.05) is 30.3 Å². The second-order valence-corrected chi connectivity index (χ2v) is 11.8. The SMILES string of the molecule is COc1ccc(COCOC(=O)N2CCN3c4c5c(nc6cc(-c7ccc8c(ccn8C)c7)ccc46)OCCN5C(=O)C3C2)cc1. The molecule has 1 unspecified atom stereocenters. The predicted molar refractivity (Wildman–Crippen MR) is 173 cm³/mol. The molecule has 0 spiro atoms. The molecular weight excluding hydrogens is 586 g/mol.